The fraction of sp³-hybridized carbons (Fsp3) is 0.536. The number of allylic oxidation sites excluding steroid dienone is 3. The lowest BCUT2D eigenvalue weighted by atomic mass is 9.97. The predicted molar refractivity (Wildman–Crippen MR) is 283 cm³/mol. The predicted octanol–water partition coefficient (Wildman–Crippen LogP) is 0.763. The Labute approximate surface area is 449 Å². The van der Waals surface area contributed by atoms with E-state index in [9.17, 15) is 58.2 Å². The number of phenolic OH excluding ortho intramolecular Hbond substituents is 1. The van der Waals surface area contributed by atoms with Gasteiger partial charge in [-0.2, -0.15) is 0 Å². The van der Waals surface area contributed by atoms with E-state index in [1.165, 1.54) is 34.1 Å². The fourth-order valence-electron chi connectivity index (χ4n) is 10.1. The molecule has 21 heteroatoms. The molecule has 9 atom stereocenters. The van der Waals surface area contributed by atoms with Crippen molar-refractivity contribution in [1.82, 2.24) is 47.0 Å². The lowest BCUT2D eigenvalue weighted by Gasteiger charge is -2.32. The number of phenols is 1. The van der Waals surface area contributed by atoms with Gasteiger partial charge in [0.2, 0.25) is 53.2 Å². The number of nitrogens with one attached hydrogen (secondary N) is 7. The summed E-state index contributed by atoms with van der Waals surface area (Å²) in [6, 6.07) is 3.18. The first-order valence-electron chi connectivity index (χ1n) is 26.7. The van der Waals surface area contributed by atoms with Crippen molar-refractivity contribution < 1.29 is 58.2 Å². The molecule has 0 saturated carbocycles. The average Bonchev–Trinajstić information content (AvgIpc) is 4.10. The third-order valence-corrected chi connectivity index (χ3v) is 14.3. The number of rotatable bonds is 11. The van der Waals surface area contributed by atoms with Crippen molar-refractivity contribution >= 4 is 58.9 Å². The van der Waals surface area contributed by atoms with Crippen LogP contribution in [0.1, 0.15) is 97.6 Å². The number of fused-ring (bicyclic) bond motifs is 2. The third-order valence-electron chi connectivity index (χ3n) is 14.3. The van der Waals surface area contributed by atoms with Crippen LogP contribution in [0.25, 0.3) is 0 Å². The van der Waals surface area contributed by atoms with E-state index >= 15 is 0 Å². The van der Waals surface area contributed by atoms with Crippen LogP contribution in [0.2, 0.25) is 0 Å². The SMILES string of the molecule is CC(C)CC1NC(=O)C(C(C)C)NC(=O)C(Cc2ccccc2)NC(=O)C(Cc2ccc(O)cc2)NC(=O)C2CCCN2C(=O)C(CC2=CCC(=O)C=C2)NC(=O)C(C(C)C)NC(=O)C(CO)NC(=O)C2CCCN2C1=O. The summed E-state index contributed by atoms with van der Waals surface area (Å²) >= 11 is 0. The van der Waals surface area contributed by atoms with E-state index in [1.54, 1.807) is 76.2 Å². The molecule has 3 saturated heterocycles. The highest BCUT2D eigenvalue weighted by Gasteiger charge is 2.43. The van der Waals surface area contributed by atoms with Gasteiger partial charge in [-0.05, 0) is 84.8 Å². The molecule has 9 N–H and O–H groups in total. The molecule has 3 heterocycles. The highest BCUT2D eigenvalue weighted by atomic mass is 16.3. The fourth-order valence-corrected chi connectivity index (χ4v) is 10.1. The highest BCUT2D eigenvalue weighted by molar-refractivity contribution is 6.00. The van der Waals surface area contributed by atoms with Crippen LogP contribution in [0.3, 0.4) is 0 Å². The van der Waals surface area contributed by atoms with Crippen molar-refractivity contribution in [2.24, 2.45) is 17.8 Å². The molecule has 3 aliphatic heterocycles. The number of benzene rings is 2. The zero-order valence-electron chi connectivity index (χ0n) is 44.7. The molecule has 416 valence electrons. The lowest BCUT2D eigenvalue weighted by Crippen LogP contribution is -2.61. The van der Waals surface area contributed by atoms with Gasteiger partial charge in [0.15, 0.2) is 5.78 Å². The highest BCUT2D eigenvalue weighted by Crippen LogP contribution is 2.25. The van der Waals surface area contributed by atoms with Gasteiger partial charge in [0.25, 0.3) is 0 Å². The van der Waals surface area contributed by atoms with Gasteiger partial charge >= 0.3 is 0 Å². The molecule has 9 amide bonds. The summed E-state index contributed by atoms with van der Waals surface area (Å²) < 4.78 is 0. The Hall–Kier alpha value is -7.42. The van der Waals surface area contributed by atoms with E-state index in [2.05, 4.69) is 37.2 Å². The number of aliphatic hydroxyl groups is 1. The molecule has 1 aliphatic carbocycles. The molecule has 21 nitrogen and oxygen atoms in total. The number of aromatic hydroxyl groups is 1. The first-order valence-corrected chi connectivity index (χ1v) is 26.7. The number of carbonyl (C=O) groups is 10. The Morgan fingerprint density at radius 2 is 0.961 bits per heavy atom. The van der Waals surface area contributed by atoms with Crippen LogP contribution in [0, 0.1) is 17.8 Å². The van der Waals surface area contributed by atoms with Gasteiger partial charge in [0.05, 0.1) is 6.61 Å². The van der Waals surface area contributed by atoms with Crippen molar-refractivity contribution in [3.63, 3.8) is 0 Å². The number of nitrogens with zero attached hydrogens (tertiary/aromatic N) is 2. The molecule has 2 aromatic rings. The second kappa shape index (κ2) is 27.1. The van der Waals surface area contributed by atoms with Gasteiger partial charge < -0.3 is 57.2 Å². The molecular weight excluding hydrogens is 991 g/mol. The zero-order valence-corrected chi connectivity index (χ0v) is 44.7. The van der Waals surface area contributed by atoms with E-state index in [1.807, 2.05) is 13.8 Å². The molecular formula is C56H75N9O12. The smallest absolute Gasteiger partial charge is 0.246 e. The minimum Gasteiger partial charge on any atom is -0.508 e. The summed E-state index contributed by atoms with van der Waals surface area (Å²) in [5.41, 5.74) is 1.72. The minimum atomic E-state index is -1.58. The monoisotopic (exact) mass is 1070 g/mol. The number of hydrogen-bond acceptors (Lipinski definition) is 12. The molecule has 0 spiro atoms. The Kier molecular flexibility index (Phi) is 20.7. The average molecular weight is 1070 g/mol. The van der Waals surface area contributed by atoms with E-state index < -0.39 is 126 Å². The van der Waals surface area contributed by atoms with Crippen LogP contribution in [0.15, 0.2) is 78.4 Å². The summed E-state index contributed by atoms with van der Waals surface area (Å²) in [5.74, 6) is -8.19. The van der Waals surface area contributed by atoms with Gasteiger partial charge in [0.1, 0.15) is 60.1 Å². The molecule has 2 aromatic carbocycles. The van der Waals surface area contributed by atoms with Crippen LogP contribution in [0.5, 0.6) is 5.75 Å². The Bertz CT molecular complexity index is 2570. The zero-order chi connectivity index (χ0) is 56.1. The molecule has 6 rings (SSSR count). The Morgan fingerprint density at radius 1 is 0.506 bits per heavy atom. The normalized spacial score (nSPS) is 27.0. The van der Waals surface area contributed by atoms with Crippen molar-refractivity contribution in [3.05, 3.63) is 89.5 Å². The first kappa shape index (κ1) is 58.8. The Balaban J connectivity index is 1.41. The number of carbonyl (C=O) groups excluding carboxylic acids is 10. The summed E-state index contributed by atoms with van der Waals surface area (Å²) in [6.45, 7) is 9.73. The topological polar surface area (TPSA) is 302 Å². The van der Waals surface area contributed by atoms with Crippen LogP contribution >= 0.6 is 0 Å². The molecule has 3 fully saturated rings. The van der Waals surface area contributed by atoms with Crippen LogP contribution in [-0.2, 0) is 60.8 Å². The van der Waals surface area contributed by atoms with Crippen molar-refractivity contribution in [2.45, 2.75) is 154 Å². The quantitative estimate of drug-likeness (QED) is 0.151. The number of ketones is 1. The second-order valence-electron chi connectivity index (χ2n) is 21.5. The lowest BCUT2D eigenvalue weighted by molar-refractivity contribution is -0.143. The summed E-state index contributed by atoms with van der Waals surface area (Å²) in [6.07, 6.45) is 5.55. The standard InChI is InChI=1S/C56H75N9O12/c1-31(2)26-41-55(76)64-24-11-15-45(64)52(73)61-43(30-66)50(71)63-47(33(5)6)54(75)60-42(29-36-18-22-38(68)23-19-36)56(77)65-25-10-14-44(65)51(72)58-39(28-35-16-20-37(67)21-17-35)48(69)57-40(27-34-12-8-7-9-13-34)49(70)62-46(32(3)4)53(74)59-41/h7-9,12-13,16-22,31-33,39-47,66-67H,10-11,14-15,23-30H2,1-6H3,(H,57,69)(H,58,72)(H,59,74)(H,60,75)(H,61,73)(H,62,70)(H,63,71). The Morgan fingerprint density at radius 3 is 1.45 bits per heavy atom. The summed E-state index contributed by atoms with van der Waals surface area (Å²) in [4.78, 5) is 145. The van der Waals surface area contributed by atoms with E-state index in [0.717, 1.165) is 0 Å². The number of hydrogen-bond donors (Lipinski definition) is 9. The molecule has 9 unspecified atom stereocenters. The maximum absolute atomic E-state index is 14.9. The maximum atomic E-state index is 14.9. The van der Waals surface area contributed by atoms with Crippen molar-refractivity contribution in [3.8, 4) is 5.75 Å². The van der Waals surface area contributed by atoms with Gasteiger partial charge in [-0.1, -0.05) is 96.2 Å². The van der Waals surface area contributed by atoms with Crippen LogP contribution in [0.4, 0.5) is 0 Å². The van der Waals surface area contributed by atoms with E-state index in [-0.39, 0.29) is 75.5 Å². The molecule has 77 heavy (non-hydrogen) atoms. The summed E-state index contributed by atoms with van der Waals surface area (Å²) in [5, 5.41) is 39.8. The van der Waals surface area contributed by atoms with Crippen molar-refractivity contribution in [2.75, 3.05) is 19.7 Å². The molecule has 0 aromatic heterocycles. The van der Waals surface area contributed by atoms with Crippen LogP contribution in [-0.4, -0.2) is 153 Å². The molecule has 0 bridgehead atoms. The van der Waals surface area contributed by atoms with Gasteiger partial charge in [0, 0.05) is 38.8 Å². The van der Waals surface area contributed by atoms with E-state index in [0.29, 0.717) is 29.5 Å². The molecule has 4 aliphatic rings. The third kappa shape index (κ3) is 15.8. The van der Waals surface area contributed by atoms with Crippen molar-refractivity contribution in [1.29, 1.82) is 0 Å². The van der Waals surface area contributed by atoms with Gasteiger partial charge in [-0.3, -0.25) is 47.9 Å². The minimum absolute atomic E-state index is 0.0441. The second-order valence-corrected chi connectivity index (χ2v) is 21.5. The summed E-state index contributed by atoms with van der Waals surface area (Å²) in [7, 11) is 0. The van der Waals surface area contributed by atoms with E-state index in [4.69, 9.17) is 0 Å². The maximum Gasteiger partial charge on any atom is 0.246 e. The first-order chi connectivity index (χ1) is 36.6. The molecule has 0 radical (unpaired) electrons. The largest absolute Gasteiger partial charge is 0.508 e. The van der Waals surface area contributed by atoms with Gasteiger partial charge in [-0.25, -0.2) is 0 Å². The van der Waals surface area contributed by atoms with Gasteiger partial charge in [-0.15, -0.1) is 0 Å². The van der Waals surface area contributed by atoms with Crippen LogP contribution < -0.4 is 37.2 Å². The number of amides is 9. The number of aliphatic hydroxyl groups excluding tert-OH is 1.